The summed E-state index contributed by atoms with van der Waals surface area (Å²) < 4.78 is 0. The Morgan fingerprint density at radius 1 is 1.31 bits per heavy atom. The number of benzene rings is 1. The van der Waals surface area contributed by atoms with Gasteiger partial charge in [-0.25, -0.2) is 0 Å². The molecular weight excluding hydrogens is 198 g/mol. The number of aryl methyl sites for hydroxylation is 1. The molecule has 90 valence electrons. The summed E-state index contributed by atoms with van der Waals surface area (Å²) in [4.78, 5) is 0. The molecule has 0 fully saturated rings. The second-order valence-corrected chi connectivity index (χ2v) is 5.18. The van der Waals surface area contributed by atoms with Crippen molar-refractivity contribution in [2.75, 3.05) is 6.61 Å². The number of hydrogen-bond donors (Lipinski definition) is 2. The molecule has 1 aromatic rings. The molecule has 2 heteroatoms. The minimum absolute atomic E-state index is 0.179. The van der Waals surface area contributed by atoms with Gasteiger partial charge in [0.1, 0.15) is 0 Å². The third-order valence-corrected chi connectivity index (χ3v) is 3.34. The molecule has 0 amide bonds. The normalized spacial score (nSPS) is 13.9. The van der Waals surface area contributed by atoms with E-state index in [1.807, 2.05) is 13.8 Å². The lowest BCUT2D eigenvalue weighted by molar-refractivity contribution is 0.250. The number of nitrogens with two attached hydrogens (primary N) is 1. The van der Waals surface area contributed by atoms with E-state index in [0.29, 0.717) is 6.42 Å². The van der Waals surface area contributed by atoms with E-state index >= 15 is 0 Å². The lowest BCUT2D eigenvalue weighted by Gasteiger charge is -2.32. The van der Waals surface area contributed by atoms with Crippen LogP contribution in [0.15, 0.2) is 18.2 Å². The van der Waals surface area contributed by atoms with Gasteiger partial charge >= 0.3 is 0 Å². The minimum atomic E-state index is -0.304. The van der Waals surface area contributed by atoms with Gasteiger partial charge in [0, 0.05) is 18.1 Å². The third kappa shape index (κ3) is 2.83. The van der Waals surface area contributed by atoms with Crippen molar-refractivity contribution in [3.63, 3.8) is 0 Å². The van der Waals surface area contributed by atoms with Crippen molar-refractivity contribution in [2.24, 2.45) is 5.73 Å². The zero-order chi connectivity index (χ0) is 12.3. The van der Waals surface area contributed by atoms with Gasteiger partial charge in [-0.15, -0.1) is 0 Å². The first kappa shape index (κ1) is 13.2. The Labute approximate surface area is 98.5 Å². The van der Waals surface area contributed by atoms with E-state index in [2.05, 4.69) is 32.0 Å². The summed E-state index contributed by atoms with van der Waals surface area (Å²) in [6.45, 7) is 8.46. The van der Waals surface area contributed by atoms with Gasteiger partial charge in [-0.2, -0.15) is 0 Å². The molecule has 0 spiro atoms. The maximum atomic E-state index is 9.17. The molecule has 3 N–H and O–H groups in total. The number of aliphatic hydroxyl groups excluding tert-OH is 1. The maximum Gasteiger partial charge on any atom is 0.0437 e. The molecule has 0 aliphatic heterocycles. The second-order valence-electron chi connectivity index (χ2n) is 5.18. The monoisotopic (exact) mass is 221 g/mol. The van der Waals surface area contributed by atoms with E-state index in [-0.39, 0.29) is 18.1 Å². The van der Waals surface area contributed by atoms with Gasteiger partial charge in [-0.05, 0) is 50.8 Å². The summed E-state index contributed by atoms with van der Waals surface area (Å²) in [5.74, 6) is 0.206. The van der Waals surface area contributed by atoms with E-state index in [4.69, 9.17) is 10.8 Å². The SMILES string of the molecule is Cc1cccc(C(CCO)C(C)(C)N)c1C. The van der Waals surface area contributed by atoms with Crippen LogP contribution in [0.25, 0.3) is 0 Å². The molecule has 16 heavy (non-hydrogen) atoms. The van der Waals surface area contributed by atoms with Gasteiger partial charge in [0.05, 0.1) is 0 Å². The van der Waals surface area contributed by atoms with E-state index < -0.39 is 0 Å². The largest absolute Gasteiger partial charge is 0.396 e. The standard InChI is InChI=1S/C14H23NO/c1-10-6-5-7-12(11(10)2)13(8-9-16)14(3,4)15/h5-7,13,16H,8-9,15H2,1-4H3. The molecular formula is C14H23NO. The van der Waals surface area contributed by atoms with Crippen LogP contribution in [0, 0.1) is 13.8 Å². The van der Waals surface area contributed by atoms with Crippen LogP contribution in [-0.2, 0) is 0 Å². The molecule has 0 aliphatic carbocycles. The average molecular weight is 221 g/mol. The molecule has 1 rings (SSSR count). The van der Waals surface area contributed by atoms with Crippen LogP contribution in [-0.4, -0.2) is 17.3 Å². The molecule has 2 nitrogen and oxygen atoms in total. The molecule has 1 unspecified atom stereocenters. The van der Waals surface area contributed by atoms with Crippen molar-refractivity contribution in [2.45, 2.75) is 45.6 Å². The second kappa shape index (κ2) is 4.98. The first-order valence-electron chi connectivity index (χ1n) is 5.83. The molecule has 0 bridgehead atoms. The Bertz CT molecular complexity index is 352. The predicted molar refractivity (Wildman–Crippen MR) is 68.6 cm³/mol. The van der Waals surface area contributed by atoms with Crippen LogP contribution in [0.2, 0.25) is 0 Å². The van der Waals surface area contributed by atoms with Gasteiger partial charge in [-0.1, -0.05) is 18.2 Å². The van der Waals surface area contributed by atoms with Crippen LogP contribution in [0.3, 0.4) is 0 Å². The van der Waals surface area contributed by atoms with E-state index in [0.717, 1.165) is 0 Å². The lowest BCUT2D eigenvalue weighted by atomic mass is 9.78. The third-order valence-electron chi connectivity index (χ3n) is 3.34. The van der Waals surface area contributed by atoms with Crippen molar-refractivity contribution >= 4 is 0 Å². The highest BCUT2D eigenvalue weighted by atomic mass is 16.3. The lowest BCUT2D eigenvalue weighted by Crippen LogP contribution is -2.40. The Balaban J connectivity index is 3.16. The molecule has 0 saturated carbocycles. The molecule has 0 aromatic heterocycles. The first-order valence-corrected chi connectivity index (χ1v) is 5.83. The van der Waals surface area contributed by atoms with Crippen LogP contribution < -0.4 is 5.73 Å². The zero-order valence-electron chi connectivity index (χ0n) is 10.7. The van der Waals surface area contributed by atoms with Gasteiger partial charge in [0.25, 0.3) is 0 Å². The summed E-state index contributed by atoms with van der Waals surface area (Å²) in [6, 6.07) is 6.30. The van der Waals surface area contributed by atoms with E-state index in [9.17, 15) is 0 Å². The molecule has 0 heterocycles. The van der Waals surface area contributed by atoms with Gasteiger partial charge in [-0.3, -0.25) is 0 Å². The Hall–Kier alpha value is -0.860. The number of hydrogen-bond acceptors (Lipinski definition) is 2. The maximum absolute atomic E-state index is 9.17. The van der Waals surface area contributed by atoms with E-state index in [1.54, 1.807) is 0 Å². The van der Waals surface area contributed by atoms with Crippen molar-refractivity contribution in [3.8, 4) is 0 Å². The van der Waals surface area contributed by atoms with Crippen LogP contribution in [0.4, 0.5) is 0 Å². The number of rotatable bonds is 4. The van der Waals surface area contributed by atoms with Crippen molar-refractivity contribution < 1.29 is 5.11 Å². The topological polar surface area (TPSA) is 46.2 Å². The summed E-state index contributed by atoms with van der Waals surface area (Å²) in [7, 11) is 0. The average Bonchev–Trinajstić information content (AvgIpc) is 2.18. The van der Waals surface area contributed by atoms with Crippen molar-refractivity contribution in [1.29, 1.82) is 0 Å². The molecule has 0 saturated heterocycles. The zero-order valence-corrected chi connectivity index (χ0v) is 10.7. The highest BCUT2D eigenvalue weighted by molar-refractivity contribution is 5.37. The van der Waals surface area contributed by atoms with Gasteiger partial charge in [0.15, 0.2) is 0 Å². The van der Waals surface area contributed by atoms with Crippen LogP contribution >= 0.6 is 0 Å². The minimum Gasteiger partial charge on any atom is -0.396 e. The smallest absolute Gasteiger partial charge is 0.0437 e. The Morgan fingerprint density at radius 2 is 1.94 bits per heavy atom. The quantitative estimate of drug-likeness (QED) is 0.820. The van der Waals surface area contributed by atoms with Gasteiger partial charge < -0.3 is 10.8 Å². The molecule has 0 aliphatic rings. The Kier molecular flexibility index (Phi) is 4.11. The van der Waals surface area contributed by atoms with Crippen LogP contribution in [0.1, 0.15) is 42.9 Å². The first-order chi connectivity index (χ1) is 7.38. The predicted octanol–water partition coefficient (Wildman–Crippen LogP) is 2.51. The number of aliphatic hydroxyl groups is 1. The van der Waals surface area contributed by atoms with Crippen molar-refractivity contribution in [1.82, 2.24) is 0 Å². The van der Waals surface area contributed by atoms with Crippen molar-refractivity contribution in [3.05, 3.63) is 34.9 Å². The summed E-state index contributed by atoms with van der Waals surface area (Å²) in [5.41, 5.74) is 9.74. The van der Waals surface area contributed by atoms with Crippen LogP contribution in [0.5, 0.6) is 0 Å². The molecule has 1 atom stereocenters. The molecule has 0 radical (unpaired) electrons. The summed E-state index contributed by atoms with van der Waals surface area (Å²) >= 11 is 0. The van der Waals surface area contributed by atoms with E-state index in [1.165, 1.54) is 16.7 Å². The van der Waals surface area contributed by atoms with Gasteiger partial charge in [0.2, 0.25) is 0 Å². The fourth-order valence-electron chi connectivity index (χ4n) is 2.21. The summed E-state index contributed by atoms with van der Waals surface area (Å²) in [6.07, 6.45) is 0.716. The Morgan fingerprint density at radius 3 is 2.44 bits per heavy atom. The fourth-order valence-corrected chi connectivity index (χ4v) is 2.21. The molecule has 1 aromatic carbocycles. The highest BCUT2D eigenvalue weighted by Crippen LogP contribution is 2.32. The fraction of sp³-hybridized carbons (Fsp3) is 0.571. The highest BCUT2D eigenvalue weighted by Gasteiger charge is 2.27. The summed E-state index contributed by atoms with van der Waals surface area (Å²) in [5, 5.41) is 9.17.